The molecule has 0 radical (unpaired) electrons. The number of benzene rings is 1. The molecule has 1 aromatic carbocycles. The number of nitrogens with zero attached hydrogens (tertiary/aromatic N) is 4. The lowest BCUT2D eigenvalue weighted by atomic mass is 9.96. The predicted octanol–water partition coefficient (Wildman–Crippen LogP) is -0.0638. The number of carbonyl (C=O) groups is 2. The van der Waals surface area contributed by atoms with Gasteiger partial charge in [0.05, 0.1) is 17.4 Å². The Kier molecular flexibility index (Phi) is 5.65. The molecule has 0 atom stereocenters. The molecule has 0 bridgehead atoms. The number of rotatable bonds is 5. The first-order chi connectivity index (χ1) is 14.9. The molecule has 0 unspecified atom stereocenters. The molecule has 2 N–H and O–H groups in total. The second kappa shape index (κ2) is 8.54. The van der Waals surface area contributed by atoms with Crippen molar-refractivity contribution in [3.8, 4) is 0 Å². The zero-order valence-corrected chi connectivity index (χ0v) is 17.0. The van der Waals surface area contributed by atoms with Crippen LogP contribution < -0.4 is 16.6 Å². The molecule has 1 saturated heterocycles. The van der Waals surface area contributed by atoms with Gasteiger partial charge >= 0.3 is 5.69 Å². The number of aryl methyl sites for hydroxylation is 1. The molecule has 0 spiro atoms. The maximum atomic E-state index is 12.7. The molecule has 1 fully saturated rings. The minimum absolute atomic E-state index is 0.134. The molecule has 0 aliphatic carbocycles. The molecule has 3 heterocycles. The third kappa shape index (κ3) is 4.39. The first-order valence-electron chi connectivity index (χ1n) is 9.99. The molecule has 1 aliphatic heterocycles. The number of amides is 2. The van der Waals surface area contributed by atoms with E-state index in [1.165, 1.54) is 0 Å². The van der Waals surface area contributed by atoms with E-state index in [9.17, 15) is 19.2 Å². The summed E-state index contributed by atoms with van der Waals surface area (Å²) in [6, 6.07) is 6.66. The van der Waals surface area contributed by atoms with Crippen LogP contribution in [0.1, 0.15) is 24.6 Å². The van der Waals surface area contributed by atoms with Crippen LogP contribution in [0.3, 0.4) is 0 Å². The molecule has 2 aromatic heterocycles. The van der Waals surface area contributed by atoms with Crippen molar-refractivity contribution in [2.75, 3.05) is 13.1 Å². The number of para-hydroxylation sites is 1. The number of aromatic amines is 1. The maximum absolute atomic E-state index is 12.7. The first-order valence-corrected chi connectivity index (χ1v) is 9.99. The highest BCUT2D eigenvalue weighted by molar-refractivity contribution is 5.80. The maximum Gasteiger partial charge on any atom is 0.329 e. The van der Waals surface area contributed by atoms with Gasteiger partial charge in [0.2, 0.25) is 17.7 Å². The lowest BCUT2D eigenvalue weighted by Gasteiger charge is -2.31. The van der Waals surface area contributed by atoms with Gasteiger partial charge in [0.1, 0.15) is 6.54 Å². The number of fused-ring (bicyclic) bond motifs is 1. The van der Waals surface area contributed by atoms with E-state index in [1.807, 2.05) is 0 Å². The molecule has 11 heteroatoms. The van der Waals surface area contributed by atoms with Crippen LogP contribution in [0.2, 0.25) is 0 Å². The number of nitrogens with one attached hydrogen (secondary N) is 2. The molecular formula is C20H22N6O5. The van der Waals surface area contributed by atoms with Crippen LogP contribution in [0, 0.1) is 12.8 Å². The number of carbonyl (C=O) groups excluding carboxylic acids is 2. The third-order valence-corrected chi connectivity index (χ3v) is 5.38. The molecular weight excluding hydrogens is 404 g/mol. The van der Waals surface area contributed by atoms with E-state index in [1.54, 1.807) is 36.1 Å². The van der Waals surface area contributed by atoms with Gasteiger partial charge in [0.15, 0.2) is 5.82 Å². The fourth-order valence-corrected chi connectivity index (χ4v) is 3.69. The average Bonchev–Trinajstić information content (AvgIpc) is 3.20. The van der Waals surface area contributed by atoms with E-state index in [-0.39, 0.29) is 30.8 Å². The molecule has 162 valence electrons. The van der Waals surface area contributed by atoms with Crippen LogP contribution in [-0.4, -0.2) is 49.5 Å². The Morgan fingerprint density at radius 1 is 1.23 bits per heavy atom. The van der Waals surface area contributed by atoms with Crippen molar-refractivity contribution in [2.24, 2.45) is 5.92 Å². The number of aromatic nitrogens is 4. The van der Waals surface area contributed by atoms with Crippen molar-refractivity contribution >= 4 is 22.7 Å². The summed E-state index contributed by atoms with van der Waals surface area (Å²) in [4.78, 5) is 58.2. The largest absolute Gasteiger partial charge is 0.347 e. The number of piperidine rings is 1. The Hall–Kier alpha value is -3.76. The standard InChI is InChI=1S/C20H22N6O5/c1-12-22-16(31-24-12)10-21-18(28)13-6-8-25(9-7-13)17(27)11-26-19(29)14-4-2-3-5-15(14)23-20(26)30/h2-5,13H,6-11H2,1H3,(H,21,28)(H,23,30). The van der Waals surface area contributed by atoms with Crippen LogP contribution >= 0.6 is 0 Å². The van der Waals surface area contributed by atoms with Crippen LogP contribution in [0.15, 0.2) is 38.4 Å². The predicted molar refractivity (Wildman–Crippen MR) is 109 cm³/mol. The molecule has 1 aliphatic rings. The van der Waals surface area contributed by atoms with E-state index in [2.05, 4.69) is 20.4 Å². The highest BCUT2D eigenvalue weighted by Gasteiger charge is 2.28. The highest BCUT2D eigenvalue weighted by Crippen LogP contribution is 2.18. The van der Waals surface area contributed by atoms with Crippen molar-refractivity contribution < 1.29 is 14.1 Å². The van der Waals surface area contributed by atoms with Crippen LogP contribution in [-0.2, 0) is 22.7 Å². The summed E-state index contributed by atoms with van der Waals surface area (Å²) >= 11 is 0. The second-order valence-corrected chi connectivity index (χ2v) is 7.48. The number of H-pyrrole nitrogens is 1. The topological polar surface area (TPSA) is 143 Å². The summed E-state index contributed by atoms with van der Waals surface area (Å²) in [5, 5.41) is 6.79. The normalized spacial score (nSPS) is 14.7. The molecule has 2 amide bonds. The third-order valence-electron chi connectivity index (χ3n) is 5.38. The minimum Gasteiger partial charge on any atom is -0.347 e. The van der Waals surface area contributed by atoms with E-state index in [0.29, 0.717) is 48.5 Å². The van der Waals surface area contributed by atoms with E-state index in [4.69, 9.17) is 4.52 Å². The van der Waals surface area contributed by atoms with Gasteiger partial charge in [-0.15, -0.1) is 0 Å². The van der Waals surface area contributed by atoms with Gasteiger partial charge in [-0.1, -0.05) is 17.3 Å². The van der Waals surface area contributed by atoms with Crippen molar-refractivity contribution in [3.63, 3.8) is 0 Å². The lowest BCUT2D eigenvalue weighted by Crippen LogP contribution is -2.46. The SMILES string of the molecule is Cc1noc(CNC(=O)C2CCN(C(=O)Cn3c(=O)[nH]c4ccccc4c3=O)CC2)n1. The van der Waals surface area contributed by atoms with Gasteiger partial charge in [-0.25, -0.2) is 4.79 Å². The molecule has 11 nitrogen and oxygen atoms in total. The number of hydrogen-bond donors (Lipinski definition) is 2. The lowest BCUT2D eigenvalue weighted by molar-refractivity contribution is -0.136. The number of hydrogen-bond acceptors (Lipinski definition) is 7. The molecule has 3 aromatic rings. The zero-order valence-electron chi connectivity index (χ0n) is 17.0. The van der Waals surface area contributed by atoms with Crippen molar-refractivity contribution in [3.05, 3.63) is 56.8 Å². The van der Waals surface area contributed by atoms with Crippen LogP contribution in [0.25, 0.3) is 10.9 Å². The fourth-order valence-electron chi connectivity index (χ4n) is 3.69. The minimum atomic E-state index is -0.623. The Morgan fingerprint density at radius 3 is 2.68 bits per heavy atom. The molecule has 4 rings (SSSR count). The van der Waals surface area contributed by atoms with Gasteiger partial charge in [-0.05, 0) is 31.9 Å². The van der Waals surface area contributed by atoms with Crippen molar-refractivity contribution in [1.29, 1.82) is 0 Å². The Balaban J connectivity index is 1.34. The van der Waals surface area contributed by atoms with E-state index in [0.717, 1.165) is 4.57 Å². The first kappa shape index (κ1) is 20.5. The Bertz CT molecular complexity index is 1230. The summed E-state index contributed by atoms with van der Waals surface area (Å²) in [5.41, 5.74) is -0.690. The van der Waals surface area contributed by atoms with E-state index < -0.39 is 11.2 Å². The summed E-state index contributed by atoms with van der Waals surface area (Å²) in [6.45, 7) is 2.26. The molecule has 31 heavy (non-hydrogen) atoms. The van der Waals surface area contributed by atoms with Gasteiger partial charge in [-0.3, -0.25) is 19.0 Å². The summed E-state index contributed by atoms with van der Waals surface area (Å²) in [7, 11) is 0. The number of likely N-dealkylation sites (tertiary alicyclic amines) is 1. The highest BCUT2D eigenvalue weighted by atomic mass is 16.5. The van der Waals surface area contributed by atoms with Gasteiger partial charge in [0.25, 0.3) is 5.56 Å². The summed E-state index contributed by atoms with van der Waals surface area (Å²) in [5.74, 6) is 0.137. The Morgan fingerprint density at radius 2 is 1.97 bits per heavy atom. The fraction of sp³-hybridized carbons (Fsp3) is 0.400. The average molecular weight is 426 g/mol. The molecule has 0 saturated carbocycles. The van der Waals surface area contributed by atoms with Crippen LogP contribution in [0.4, 0.5) is 0 Å². The second-order valence-electron chi connectivity index (χ2n) is 7.48. The van der Waals surface area contributed by atoms with Crippen LogP contribution in [0.5, 0.6) is 0 Å². The van der Waals surface area contributed by atoms with Crippen molar-refractivity contribution in [1.82, 2.24) is 29.9 Å². The van der Waals surface area contributed by atoms with Crippen molar-refractivity contribution in [2.45, 2.75) is 32.9 Å². The monoisotopic (exact) mass is 426 g/mol. The summed E-state index contributed by atoms with van der Waals surface area (Å²) in [6.07, 6.45) is 0.979. The van der Waals surface area contributed by atoms with Gasteiger partial charge < -0.3 is 19.7 Å². The van der Waals surface area contributed by atoms with Gasteiger partial charge in [-0.2, -0.15) is 4.98 Å². The Labute approximate surface area is 176 Å². The van der Waals surface area contributed by atoms with Gasteiger partial charge in [0, 0.05) is 19.0 Å². The van der Waals surface area contributed by atoms with E-state index >= 15 is 0 Å². The summed E-state index contributed by atoms with van der Waals surface area (Å²) < 4.78 is 5.88. The quantitative estimate of drug-likeness (QED) is 0.581. The zero-order chi connectivity index (χ0) is 22.0. The smallest absolute Gasteiger partial charge is 0.329 e.